The minimum Gasteiger partial charge on any atom is -0.389 e. The monoisotopic (exact) mass is 387 g/mol. The smallest absolute Gasteiger partial charge is 0.329 e. The number of aromatic amines is 1. The fraction of sp³-hybridized carbons (Fsp3) is 0.421. The average molecular weight is 387 g/mol. The molecule has 0 spiro atoms. The van der Waals surface area contributed by atoms with Crippen LogP contribution in [0.4, 0.5) is 5.95 Å². The van der Waals surface area contributed by atoms with E-state index in [1.807, 2.05) is 44.2 Å². The van der Waals surface area contributed by atoms with Crippen LogP contribution < -0.4 is 16.6 Å². The lowest BCUT2D eigenvalue weighted by molar-refractivity contribution is -0.000108. The molecule has 0 bridgehead atoms. The normalized spacial score (nSPS) is 12.6. The second kappa shape index (κ2) is 8.41. The van der Waals surface area contributed by atoms with Gasteiger partial charge in [0.05, 0.1) is 25.4 Å². The van der Waals surface area contributed by atoms with E-state index in [9.17, 15) is 14.7 Å². The van der Waals surface area contributed by atoms with Crippen LogP contribution in [0.3, 0.4) is 0 Å². The van der Waals surface area contributed by atoms with Gasteiger partial charge in [-0.05, 0) is 19.4 Å². The van der Waals surface area contributed by atoms with E-state index < -0.39 is 17.4 Å². The molecule has 0 saturated heterocycles. The van der Waals surface area contributed by atoms with E-state index in [2.05, 4.69) is 15.3 Å². The Hall–Kier alpha value is -2.91. The molecule has 3 N–H and O–H groups in total. The van der Waals surface area contributed by atoms with Crippen LogP contribution in [0, 0.1) is 0 Å². The third-order valence-corrected chi connectivity index (χ3v) is 4.32. The molecule has 3 aromatic rings. The number of rotatable bonds is 8. The highest BCUT2D eigenvalue weighted by Gasteiger charge is 2.19. The first kappa shape index (κ1) is 19.8. The Morgan fingerprint density at radius 3 is 2.64 bits per heavy atom. The molecule has 1 atom stereocenters. The quantitative estimate of drug-likeness (QED) is 0.527. The van der Waals surface area contributed by atoms with Crippen molar-refractivity contribution in [2.45, 2.75) is 39.1 Å². The standard InChI is InChI=1S/C19H25N5O4/c1-12(2)28-11-14(25)10-24-15-16(23(3)19(27)22-17(15)26)21-18(24)20-9-13-7-5-4-6-8-13/h4-8,12,14,25H,9-11H2,1-3H3,(H,20,21)(H,22,26,27)/t14-/m1/s1. The van der Waals surface area contributed by atoms with Gasteiger partial charge in [0.15, 0.2) is 11.2 Å². The molecule has 150 valence electrons. The second-order valence-corrected chi connectivity index (χ2v) is 6.91. The first-order chi connectivity index (χ1) is 13.4. The minimum absolute atomic E-state index is 0.0194. The molecular formula is C19H25N5O4. The summed E-state index contributed by atoms with van der Waals surface area (Å²) in [6.07, 6.45) is -0.859. The van der Waals surface area contributed by atoms with Gasteiger partial charge in [0.1, 0.15) is 0 Å². The van der Waals surface area contributed by atoms with Gasteiger partial charge in [0.2, 0.25) is 5.95 Å². The number of fused-ring (bicyclic) bond motifs is 1. The Morgan fingerprint density at radius 2 is 1.96 bits per heavy atom. The zero-order valence-corrected chi connectivity index (χ0v) is 16.2. The van der Waals surface area contributed by atoms with Crippen molar-refractivity contribution in [1.82, 2.24) is 19.1 Å². The number of ether oxygens (including phenoxy) is 1. The lowest BCUT2D eigenvalue weighted by Gasteiger charge is -2.16. The predicted octanol–water partition coefficient (Wildman–Crippen LogP) is 0.821. The fourth-order valence-electron chi connectivity index (χ4n) is 2.89. The Bertz CT molecular complexity index is 1050. The SMILES string of the molecule is CC(C)OC[C@H](O)Cn1c(NCc2ccccc2)nc2c1c(=O)[nH]c(=O)n2C. The number of aliphatic hydroxyl groups excluding tert-OH is 1. The van der Waals surface area contributed by atoms with Crippen molar-refractivity contribution in [2.75, 3.05) is 11.9 Å². The van der Waals surface area contributed by atoms with E-state index in [0.717, 1.165) is 5.56 Å². The zero-order valence-electron chi connectivity index (χ0n) is 16.2. The van der Waals surface area contributed by atoms with Crippen molar-refractivity contribution in [3.8, 4) is 0 Å². The number of nitrogens with one attached hydrogen (secondary N) is 2. The number of imidazole rings is 1. The summed E-state index contributed by atoms with van der Waals surface area (Å²) in [5.74, 6) is 0.397. The molecule has 9 nitrogen and oxygen atoms in total. The molecule has 1 aromatic carbocycles. The summed E-state index contributed by atoms with van der Waals surface area (Å²) >= 11 is 0. The maximum atomic E-state index is 12.4. The van der Waals surface area contributed by atoms with Crippen molar-refractivity contribution in [1.29, 1.82) is 0 Å². The largest absolute Gasteiger partial charge is 0.389 e. The summed E-state index contributed by atoms with van der Waals surface area (Å²) < 4.78 is 8.33. The molecule has 0 saturated carbocycles. The number of hydrogen-bond donors (Lipinski definition) is 3. The molecule has 0 aliphatic heterocycles. The van der Waals surface area contributed by atoms with E-state index in [4.69, 9.17) is 4.74 Å². The summed E-state index contributed by atoms with van der Waals surface area (Å²) in [7, 11) is 1.54. The van der Waals surface area contributed by atoms with E-state index >= 15 is 0 Å². The van der Waals surface area contributed by atoms with Crippen molar-refractivity contribution in [2.24, 2.45) is 7.05 Å². The number of hydrogen-bond acceptors (Lipinski definition) is 6. The molecule has 2 aromatic heterocycles. The highest BCUT2D eigenvalue weighted by Crippen LogP contribution is 2.17. The third kappa shape index (κ3) is 4.32. The van der Waals surface area contributed by atoms with Crippen LogP contribution in [-0.4, -0.2) is 43.0 Å². The van der Waals surface area contributed by atoms with Gasteiger partial charge in [-0.3, -0.25) is 14.3 Å². The molecule has 3 rings (SSSR count). The van der Waals surface area contributed by atoms with Crippen LogP contribution in [0.5, 0.6) is 0 Å². The number of H-pyrrole nitrogens is 1. The number of aliphatic hydroxyl groups is 1. The highest BCUT2D eigenvalue weighted by atomic mass is 16.5. The van der Waals surface area contributed by atoms with Crippen LogP contribution in [0.2, 0.25) is 0 Å². The van der Waals surface area contributed by atoms with Gasteiger partial charge in [-0.25, -0.2) is 4.79 Å². The number of aromatic nitrogens is 4. The van der Waals surface area contributed by atoms with Gasteiger partial charge < -0.3 is 19.7 Å². The van der Waals surface area contributed by atoms with Gasteiger partial charge in [0, 0.05) is 13.6 Å². The molecular weight excluding hydrogens is 362 g/mol. The van der Waals surface area contributed by atoms with E-state index in [0.29, 0.717) is 12.5 Å². The lowest BCUT2D eigenvalue weighted by atomic mass is 10.2. The van der Waals surface area contributed by atoms with Crippen LogP contribution in [0.25, 0.3) is 11.2 Å². The number of anilines is 1. The predicted molar refractivity (Wildman–Crippen MR) is 106 cm³/mol. The second-order valence-electron chi connectivity index (χ2n) is 6.91. The first-order valence-corrected chi connectivity index (χ1v) is 9.13. The Morgan fingerprint density at radius 1 is 1.25 bits per heavy atom. The Labute approximate surface area is 161 Å². The van der Waals surface area contributed by atoms with Crippen molar-refractivity contribution >= 4 is 17.1 Å². The number of aryl methyl sites for hydroxylation is 1. The third-order valence-electron chi connectivity index (χ3n) is 4.32. The van der Waals surface area contributed by atoms with Gasteiger partial charge in [-0.1, -0.05) is 30.3 Å². The zero-order chi connectivity index (χ0) is 20.3. The van der Waals surface area contributed by atoms with Crippen LogP contribution in [0.15, 0.2) is 39.9 Å². The van der Waals surface area contributed by atoms with Crippen molar-refractivity contribution < 1.29 is 9.84 Å². The van der Waals surface area contributed by atoms with Crippen LogP contribution in [0.1, 0.15) is 19.4 Å². The van der Waals surface area contributed by atoms with Crippen molar-refractivity contribution in [3.05, 3.63) is 56.7 Å². The highest BCUT2D eigenvalue weighted by molar-refractivity contribution is 5.74. The molecule has 0 unspecified atom stereocenters. The van der Waals surface area contributed by atoms with E-state index in [1.165, 1.54) is 11.6 Å². The van der Waals surface area contributed by atoms with Crippen molar-refractivity contribution in [3.63, 3.8) is 0 Å². The minimum atomic E-state index is -0.839. The lowest BCUT2D eigenvalue weighted by Crippen LogP contribution is -2.30. The molecule has 0 radical (unpaired) electrons. The Kier molecular flexibility index (Phi) is 5.96. The topological polar surface area (TPSA) is 114 Å². The summed E-state index contributed by atoms with van der Waals surface area (Å²) in [5.41, 5.74) is 0.422. The Balaban J connectivity index is 1.98. The molecule has 28 heavy (non-hydrogen) atoms. The summed E-state index contributed by atoms with van der Waals surface area (Å²) in [4.78, 5) is 31.1. The number of nitrogens with zero attached hydrogens (tertiary/aromatic N) is 3. The summed E-state index contributed by atoms with van der Waals surface area (Å²) in [5, 5.41) is 13.6. The summed E-state index contributed by atoms with van der Waals surface area (Å²) in [6.45, 7) is 4.47. The molecule has 0 aliphatic rings. The average Bonchev–Trinajstić information content (AvgIpc) is 3.02. The molecule has 0 fully saturated rings. The molecule has 0 amide bonds. The fourth-order valence-corrected chi connectivity index (χ4v) is 2.89. The van der Waals surface area contributed by atoms with Crippen LogP contribution in [-0.2, 0) is 24.9 Å². The maximum absolute atomic E-state index is 12.4. The van der Waals surface area contributed by atoms with Gasteiger partial charge in [-0.15, -0.1) is 0 Å². The molecule has 0 aliphatic carbocycles. The van der Waals surface area contributed by atoms with E-state index in [-0.39, 0.29) is 30.4 Å². The van der Waals surface area contributed by atoms with E-state index in [1.54, 1.807) is 4.57 Å². The van der Waals surface area contributed by atoms with Crippen LogP contribution >= 0.6 is 0 Å². The van der Waals surface area contributed by atoms with Gasteiger partial charge in [0.25, 0.3) is 5.56 Å². The maximum Gasteiger partial charge on any atom is 0.329 e. The molecule has 2 heterocycles. The van der Waals surface area contributed by atoms with Gasteiger partial charge in [-0.2, -0.15) is 4.98 Å². The first-order valence-electron chi connectivity index (χ1n) is 9.13. The van der Waals surface area contributed by atoms with Gasteiger partial charge >= 0.3 is 5.69 Å². The molecule has 9 heteroatoms. The number of benzene rings is 1. The summed E-state index contributed by atoms with van der Waals surface area (Å²) in [6, 6.07) is 9.73.